The lowest BCUT2D eigenvalue weighted by Gasteiger charge is -2.07. The van der Waals surface area contributed by atoms with Crippen LogP contribution in [0, 0.1) is 5.82 Å². The molecular formula is C13H8Cl2FN3. The van der Waals surface area contributed by atoms with Crippen molar-refractivity contribution in [1.29, 1.82) is 0 Å². The zero-order valence-corrected chi connectivity index (χ0v) is 11.2. The molecule has 3 aromatic rings. The van der Waals surface area contributed by atoms with Gasteiger partial charge in [-0.05, 0) is 30.3 Å². The summed E-state index contributed by atoms with van der Waals surface area (Å²) in [5, 5.41) is 0.313. The van der Waals surface area contributed by atoms with E-state index in [1.54, 1.807) is 22.9 Å². The molecule has 0 spiro atoms. The van der Waals surface area contributed by atoms with Gasteiger partial charge in [0.2, 0.25) is 0 Å². The maximum atomic E-state index is 13.5. The highest BCUT2D eigenvalue weighted by Gasteiger charge is 2.13. The lowest BCUT2D eigenvalue weighted by molar-refractivity contribution is 0.626. The van der Waals surface area contributed by atoms with Crippen LogP contribution in [-0.2, 0) is 5.88 Å². The molecule has 96 valence electrons. The predicted molar refractivity (Wildman–Crippen MR) is 73.4 cm³/mol. The number of fused-ring (bicyclic) bond motifs is 1. The molecule has 19 heavy (non-hydrogen) atoms. The van der Waals surface area contributed by atoms with Gasteiger partial charge in [-0.1, -0.05) is 11.6 Å². The number of imidazole rings is 1. The van der Waals surface area contributed by atoms with E-state index in [0.29, 0.717) is 27.7 Å². The smallest absolute Gasteiger partial charge is 0.164 e. The van der Waals surface area contributed by atoms with Crippen LogP contribution in [0.15, 0.2) is 36.5 Å². The maximum absolute atomic E-state index is 13.5. The molecule has 0 radical (unpaired) electrons. The molecule has 0 saturated carbocycles. The molecule has 0 aliphatic heterocycles. The summed E-state index contributed by atoms with van der Waals surface area (Å²) in [6.45, 7) is 0. The molecule has 0 aliphatic rings. The molecule has 0 N–H and O–H groups in total. The summed E-state index contributed by atoms with van der Waals surface area (Å²) in [7, 11) is 0. The van der Waals surface area contributed by atoms with Crippen molar-refractivity contribution in [2.24, 2.45) is 0 Å². The van der Waals surface area contributed by atoms with E-state index in [4.69, 9.17) is 23.2 Å². The largest absolute Gasteiger partial charge is 0.280 e. The Morgan fingerprint density at radius 1 is 1.26 bits per heavy atom. The van der Waals surface area contributed by atoms with Crippen molar-refractivity contribution in [3.05, 3.63) is 53.2 Å². The van der Waals surface area contributed by atoms with Crippen LogP contribution in [0.4, 0.5) is 4.39 Å². The zero-order chi connectivity index (χ0) is 13.4. The van der Waals surface area contributed by atoms with Crippen molar-refractivity contribution >= 4 is 34.4 Å². The van der Waals surface area contributed by atoms with Gasteiger partial charge in [0, 0.05) is 11.2 Å². The fraction of sp³-hybridized carbons (Fsp3) is 0.0769. The number of benzene rings is 1. The number of aromatic nitrogens is 3. The third-order valence-corrected chi connectivity index (χ3v) is 3.17. The number of hydrogen-bond acceptors (Lipinski definition) is 2. The number of halogens is 3. The van der Waals surface area contributed by atoms with E-state index >= 15 is 0 Å². The first-order valence-electron chi connectivity index (χ1n) is 5.54. The van der Waals surface area contributed by atoms with Crippen LogP contribution in [-0.4, -0.2) is 14.5 Å². The minimum Gasteiger partial charge on any atom is -0.280 e. The first-order chi connectivity index (χ1) is 9.19. The third kappa shape index (κ3) is 2.17. The first-order valence-corrected chi connectivity index (χ1v) is 6.45. The molecule has 0 amide bonds. The summed E-state index contributed by atoms with van der Waals surface area (Å²) in [5.41, 5.74) is 1.89. The standard InChI is InChI=1S/C13H8Cl2FN3/c14-7-12-18-11-2-1-3-17-13(11)19(12)10-5-8(15)4-9(16)6-10/h1-6H,7H2. The Morgan fingerprint density at radius 3 is 2.84 bits per heavy atom. The molecule has 2 heterocycles. The number of pyridine rings is 1. The van der Waals surface area contributed by atoms with Gasteiger partial charge in [0.25, 0.3) is 0 Å². The Balaban J connectivity index is 2.34. The average Bonchev–Trinajstić information content (AvgIpc) is 2.75. The van der Waals surface area contributed by atoms with E-state index in [-0.39, 0.29) is 5.88 Å². The van der Waals surface area contributed by atoms with Crippen LogP contribution in [0.25, 0.3) is 16.9 Å². The van der Waals surface area contributed by atoms with Crippen molar-refractivity contribution in [2.45, 2.75) is 5.88 Å². The van der Waals surface area contributed by atoms with Crippen molar-refractivity contribution in [1.82, 2.24) is 14.5 Å². The maximum Gasteiger partial charge on any atom is 0.164 e. The minimum atomic E-state index is -0.416. The van der Waals surface area contributed by atoms with E-state index < -0.39 is 5.82 Å². The molecule has 6 heteroatoms. The van der Waals surface area contributed by atoms with E-state index in [1.165, 1.54) is 12.1 Å². The van der Waals surface area contributed by atoms with Crippen LogP contribution < -0.4 is 0 Å². The van der Waals surface area contributed by atoms with E-state index in [2.05, 4.69) is 9.97 Å². The van der Waals surface area contributed by atoms with Crippen molar-refractivity contribution in [2.75, 3.05) is 0 Å². The Hall–Kier alpha value is -1.65. The highest BCUT2D eigenvalue weighted by atomic mass is 35.5. The molecule has 0 fully saturated rings. The van der Waals surface area contributed by atoms with Crippen molar-refractivity contribution in [3.63, 3.8) is 0 Å². The van der Waals surface area contributed by atoms with E-state index in [9.17, 15) is 4.39 Å². The highest BCUT2D eigenvalue weighted by molar-refractivity contribution is 6.30. The lowest BCUT2D eigenvalue weighted by Crippen LogP contribution is -2.00. The number of alkyl halides is 1. The number of rotatable bonds is 2. The monoisotopic (exact) mass is 295 g/mol. The topological polar surface area (TPSA) is 30.7 Å². The van der Waals surface area contributed by atoms with Crippen molar-refractivity contribution < 1.29 is 4.39 Å². The van der Waals surface area contributed by atoms with Gasteiger partial charge in [-0.2, -0.15) is 0 Å². The number of nitrogens with zero attached hydrogens (tertiary/aromatic N) is 3. The average molecular weight is 296 g/mol. The molecule has 3 rings (SSSR count). The summed E-state index contributed by atoms with van der Waals surface area (Å²) in [4.78, 5) is 8.63. The Morgan fingerprint density at radius 2 is 2.11 bits per heavy atom. The normalized spacial score (nSPS) is 11.1. The van der Waals surface area contributed by atoms with Crippen LogP contribution in [0.1, 0.15) is 5.82 Å². The van der Waals surface area contributed by atoms with Crippen LogP contribution in [0.3, 0.4) is 0 Å². The summed E-state index contributed by atoms with van der Waals surface area (Å²) >= 11 is 11.8. The van der Waals surface area contributed by atoms with Gasteiger partial charge < -0.3 is 0 Å². The van der Waals surface area contributed by atoms with Gasteiger partial charge in [0.1, 0.15) is 17.2 Å². The van der Waals surface area contributed by atoms with Gasteiger partial charge >= 0.3 is 0 Å². The third-order valence-electron chi connectivity index (χ3n) is 2.71. The van der Waals surface area contributed by atoms with Gasteiger partial charge in [0.05, 0.1) is 11.6 Å². The zero-order valence-electron chi connectivity index (χ0n) is 9.65. The quantitative estimate of drug-likeness (QED) is 0.670. The van der Waals surface area contributed by atoms with Gasteiger partial charge in [-0.25, -0.2) is 14.4 Å². The van der Waals surface area contributed by atoms with Crippen molar-refractivity contribution in [3.8, 4) is 5.69 Å². The van der Waals surface area contributed by atoms with Crippen LogP contribution in [0.2, 0.25) is 5.02 Å². The van der Waals surface area contributed by atoms with Crippen LogP contribution >= 0.6 is 23.2 Å². The second-order valence-corrected chi connectivity index (χ2v) is 4.67. The van der Waals surface area contributed by atoms with Gasteiger partial charge in [-0.15, -0.1) is 11.6 Å². The summed E-state index contributed by atoms with van der Waals surface area (Å²) < 4.78 is 15.2. The molecule has 0 unspecified atom stereocenters. The fourth-order valence-electron chi connectivity index (χ4n) is 1.99. The number of hydrogen-bond donors (Lipinski definition) is 0. The molecule has 3 nitrogen and oxygen atoms in total. The second kappa shape index (κ2) is 4.79. The van der Waals surface area contributed by atoms with Gasteiger partial charge in [-0.3, -0.25) is 4.57 Å². The molecule has 1 aromatic carbocycles. The van der Waals surface area contributed by atoms with Gasteiger partial charge in [0.15, 0.2) is 5.65 Å². The second-order valence-electron chi connectivity index (χ2n) is 3.97. The summed E-state index contributed by atoms with van der Waals surface area (Å²) in [6, 6.07) is 7.89. The molecule has 0 saturated heterocycles. The lowest BCUT2D eigenvalue weighted by atomic mass is 10.3. The molecule has 0 atom stereocenters. The predicted octanol–water partition coefficient (Wildman–Crippen LogP) is 3.95. The van der Waals surface area contributed by atoms with E-state index in [0.717, 1.165) is 0 Å². The Kier molecular flexibility index (Phi) is 3.12. The SMILES string of the molecule is Fc1cc(Cl)cc(-n2c(CCl)nc3cccnc32)c1. The molecule has 0 bridgehead atoms. The molecular weight excluding hydrogens is 288 g/mol. The molecule has 2 aromatic heterocycles. The van der Waals surface area contributed by atoms with E-state index in [1.807, 2.05) is 6.07 Å². The fourth-order valence-corrected chi connectivity index (χ4v) is 2.38. The molecule has 0 aliphatic carbocycles. The summed E-state index contributed by atoms with van der Waals surface area (Å²) in [6.07, 6.45) is 1.65. The Labute approximate surface area is 118 Å². The summed E-state index contributed by atoms with van der Waals surface area (Å²) in [5.74, 6) is 0.377. The minimum absolute atomic E-state index is 0.199. The Bertz CT molecular complexity index is 734. The van der Waals surface area contributed by atoms with Crippen LogP contribution in [0.5, 0.6) is 0 Å². The highest BCUT2D eigenvalue weighted by Crippen LogP contribution is 2.24. The first kappa shape index (κ1) is 12.4.